The van der Waals surface area contributed by atoms with E-state index in [4.69, 9.17) is 14.2 Å². The van der Waals surface area contributed by atoms with Crippen LogP contribution in [0.3, 0.4) is 0 Å². The van der Waals surface area contributed by atoms with Crippen molar-refractivity contribution in [3.63, 3.8) is 0 Å². The first-order valence-corrected chi connectivity index (χ1v) is 9.48. The van der Waals surface area contributed by atoms with E-state index in [1.54, 1.807) is 24.3 Å². The Morgan fingerprint density at radius 1 is 1.17 bits per heavy atom. The van der Waals surface area contributed by atoms with E-state index in [0.29, 0.717) is 30.9 Å². The lowest BCUT2D eigenvalue weighted by Gasteiger charge is -2.16. The summed E-state index contributed by atoms with van der Waals surface area (Å²) in [4.78, 5) is 24.8. The molecule has 0 bridgehead atoms. The highest BCUT2D eigenvalue weighted by Crippen LogP contribution is 2.33. The van der Waals surface area contributed by atoms with Crippen LogP contribution >= 0.6 is 0 Å². The third kappa shape index (κ3) is 6.07. The fourth-order valence-electron chi connectivity index (χ4n) is 2.88. The average Bonchev–Trinajstić information content (AvgIpc) is 2.74. The highest BCUT2D eigenvalue weighted by Gasteiger charge is 2.21. The molecule has 2 aromatic carbocycles. The topological polar surface area (TPSA) is 73.9 Å². The first kappa shape index (κ1) is 22.9. The van der Waals surface area contributed by atoms with Gasteiger partial charge in [-0.1, -0.05) is 18.2 Å². The fourth-order valence-corrected chi connectivity index (χ4v) is 2.88. The molecule has 2 rings (SSSR count). The minimum Gasteiger partial charge on any atom is -0.493 e. The Bertz CT molecular complexity index is 895. The zero-order chi connectivity index (χ0) is 22.1. The number of halogens is 1. The van der Waals surface area contributed by atoms with Gasteiger partial charge in [0.05, 0.1) is 19.8 Å². The van der Waals surface area contributed by atoms with Gasteiger partial charge in [0.15, 0.2) is 17.6 Å². The molecule has 0 aliphatic carbocycles. The van der Waals surface area contributed by atoms with E-state index in [0.717, 1.165) is 11.1 Å². The van der Waals surface area contributed by atoms with Gasteiger partial charge in [0.2, 0.25) is 0 Å². The van der Waals surface area contributed by atoms with E-state index >= 15 is 0 Å². The van der Waals surface area contributed by atoms with Gasteiger partial charge in [-0.15, -0.1) is 6.58 Å². The molecule has 0 aliphatic rings. The molecule has 0 heterocycles. The van der Waals surface area contributed by atoms with Gasteiger partial charge in [-0.3, -0.25) is 4.79 Å². The second-order valence-corrected chi connectivity index (χ2v) is 6.58. The minimum atomic E-state index is -0.985. The smallest absolute Gasteiger partial charge is 0.339 e. The lowest BCUT2D eigenvalue weighted by Crippen LogP contribution is -2.36. The number of ether oxygens (including phenoxy) is 3. The van der Waals surface area contributed by atoms with Gasteiger partial charge in [-0.05, 0) is 49.6 Å². The van der Waals surface area contributed by atoms with Gasteiger partial charge < -0.3 is 19.5 Å². The molecule has 1 unspecified atom stereocenters. The van der Waals surface area contributed by atoms with E-state index in [1.165, 1.54) is 39.3 Å². The van der Waals surface area contributed by atoms with Crippen LogP contribution < -0.4 is 14.8 Å². The molecular formula is C23H26FNO5. The summed E-state index contributed by atoms with van der Waals surface area (Å²) in [6.45, 7) is 5.54. The number of rotatable bonds is 10. The van der Waals surface area contributed by atoms with Crippen molar-refractivity contribution in [3.05, 3.63) is 71.6 Å². The van der Waals surface area contributed by atoms with Gasteiger partial charge >= 0.3 is 5.97 Å². The fraction of sp³-hybridized carbons (Fsp3) is 0.304. The first-order chi connectivity index (χ1) is 14.4. The Labute approximate surface area is 175 Å². The van der Waals surface area contributed by atoms with Gasteiger partial charge in [0.1, 0.15) is 5.82 Å². The summed E-state index contributed by atoms with van der Waals surface area (Å²) >= 11 is 0. The molecule has 0 spiro atoms. The van der Waals surface area contributed by atoms with Crippen LogP contribution in [-0.2, 0) is 22.4 Å². The molecule has 2 aromatic rings. The maximum absolute atomic E-state index is 12.9. The third-order valence-corrected chi connectivity index (χ3v) is 4.43. The van der Waals surface area contributed by atoms with E-state index in [2.05, 4.69) is 11.9 Å². The van der Waals surface area contributed by atoms with Crippen LogP contribution in [0.5, 0.6) is 11.5 Å². The first-order valence-electron chi connectivity index (χ1n) is 9.48. The average molecular weight is 415 g/mol. The minimum absolute atomic E-state index is 0.246. The largest absolute Gasteiger partial charge is 0.493 e. The van der Waals surface area contributed by atoms with Crippen molar-refractivity contribution in [2.24, 2.45) is 0 Å². The lowest BCUT2D eigenvalue weighted by molar-refractivity contribution is -0.129. The molecule has 0 fully saturated rings. The van der Waals surface area contributed by atoms with Crippen LogP contribution in [0.2, 0.25) is 0 Å². The van der Waals surface area contributed by atoms with Gasteiger partial charge in [-0.25, -0.2) is 9.18 Å². The van der Waals surface area contributed by atoms with E-state index in [9.17, 15) is 14.0 Å². The summed E-state index contributed by atoms with van der Waals surface area (Å²) in [7, 11) is 2.99. The van der Waals surface area contributed by atoms with Crippen LogP contribution in [0.1, 0.15) is 28.4 Å². The molecule has 0 saturated heterocycles. The van der Waals surface area contributed by atoms with Crippen molar-refractivity contribution in [3.8, 4) is 11.5 Å². The Hall–Kier alpha value is -3.35. The van der Waals surface area contributed by atoms with Crippen LogP contribution in [0.25, 0.3) is 0 Å². The van der Waals surface area contributed by atoms with E-state index in [1.807, 2.05) is 0 Å². The highest BCUT2D eigenvalue weighted by molar-refractivity contribution is 5.93. The summed E-state index contributed by atoms with van der Waals surface area (Å²) in [5, 5.41) is 2.71. The van der Waals surface area contributed by atoms with Crippen molar-refractivity contribution in [1.82, 2.24) is 5.32 Å². The van der Waals surface area contributed by atoms with Gasteiger partial charge in [0.25, 0.3) is 5.91 Å². The predicted octanol–water partition coefficient (Wildman–Crippen LogP) is 3.48. The van der Waals surface area contributed by atoms with Gasteiger partial charge in [-0.2, -0.15) is 0 Å². The molecule has 1 N–H and O–H groups in total. The van der Waals surface area contributed by atoms with Crippen molar-refractivity contribution < 1.29 is 28.2 Å². The summed E-state index contributed by atoms with van der Waals surface area (Å²) in [6.07, 6.45) is 1.71. The van der Waals surface area contributed by atoms with Gasteiger partial charge in [0, 0.05) is 12.1 Å². The van der Waals surface area contributed by atoms with Crippen LogP contribution in [0, 0.1) is 5.82 Å². The predicted molar refractivity (Wildman–Crippen MR) is 111 cm³/mol. The quantitative estimate of drug-likeness (QED) is 0.475. The van der Waals surface area contributed by atoms with Crippen LogP contribution in [0.4, 0.5) is 4.39 Å². The Balaban J connectivity index is 1.98. The van der Waals surface area contributed by atoms with Crippen LogP contribution in [-0.4, -0.2) is 38.7 Å². The molecule has 30 heavy (non-hydrogen) atoms. The molecule has 1 amide bonds. The summed E-state index contributed by atoms with van der Waals surface area (Å²) < 4.78 is 28.9. The molecule has 1 atom stereocenters. The monoisotopic (exact) mass is 415 g/mol. The molecule has 6 nitrogen and oxygen atoms in total. The summed E-state index contributed by atoms with van der Waals surface area (Å²) in [5.41, 5.74) is 1.85. The highest BCUT2D eigenvalue weighted by atomic mass is 19.1. The zero-order valence-electron chi connectivity index (χ0n) is 17.4. The number of hydrogen-bond acceptors (Lipinski definition) is 5. The maximum atomic E-state index is 12.9. The number of amides is 1. The summed E-state index contributed by atoms with van der Waals surface area (Å²) in [5.74, 6) is -0.477. The zero-order valence-corrected chi connectivity index (χ0v) is 17.4. The number of allylic oxidation sites excluding steroid dienone is 1. The second-order valence-electron chi connectivity index (χ2n) is 6.58. The van der Waals surface area contributed by atoms with Crippen LogP contribution in [0.15, 0.2) is 49.1 Å². The SMILES string of the molecule is C=CCc1cc(C(=O)OC(C)C(=O)NCCc2ccc(F)cc2)cc(OC)c1OC. The molecule has 7 heteroatoms. The number of esters is 1. The van der Waals surface area contributed by atoms with E-state index in [-0.39, 0.29) is 11.4 Å². The Kier molecular flexibility index (Phi) is 8.41. The molecule has 0 aromatic heterocycles. The Morgan fingerprint density at radius 3 is 2.47 bits per heavy atom. The second kappa shape index (κ2) is 11.0. The lowest BCUT2D eigenvalue weighted by atomic mass is 10.1. The number of benzene rings is 2. The van der Waals surface area contributed by atoms with Crippen molar-refractivity contribution in [1.29, 1.82) is 0 Å². The Morgan fingerprint density at radius 2 is 1.87 bits per heavy atom. The molecular weight excluding hydrogens is 389 g/mol. The van der Waals surface area contributed by atoms with Crippen molar-refractivity contribution in [2.75, 3.05) is 20.8 Å². The molecule has 0 aliphatic heterocycles. The normalized spacial score (nSPS) is 11.3. The number of methoxy groups -OCH3 is 2. The molecule has 160 valence electrons. The van der Waals surface area contributed by atoms with Crippen molar-refractivity contribution >= 4 is 11.9 Å². The molecule has 0 saturated carbocycles. The van der Waals surface area contributed by atoms with E-state index < -0.39 is 18.0 Å². The van der Waals surface area contributed by atoms with Crippen molar-refractivity contribution in [2.45, 2.75) is 25.9 Å². The third-order valence-electron chi connectivity index (χ3n) is 4.43. The number of hydrogen-bond donors (Lipinski definition) is 1. The standard InChI is InChI=1S/C23H26FNO5/c1-5-6-17-13-18(14-20(28-3)21(17)29-4)23(27)30-15(2)22(26)25-12-11-16-7-9-19(24)10-8-16/h5,7-10,13-15H,1,6,11-12H2,2-4H3,(H,25,26). The number of nitrogens with one attached hydrogen (secondary N) is 1. The number of carbonyl (C=O) groups is 2. The maximum Gasteiger partial charge on any atom is 0.339 e. The number of carbonyl (C=O) groups excluding carboxylic acids is 2. The molecule has 0 radical (unpaired) electrons. The summed E-state index contributed by atoms with van der Waals surface area (Å²) in [6, 6.07) is 9.18.